The van der Waals surface area contributed by atoms with Crippen molar-refractivity contribution < 1.29 is 9.13 Å². The molecule has 3 nitrogen and oxygen atoms in total. The summed E-state index contributed by atoms with van der Waals surface area (Å²) in [6.45, 7) is 1.99. The fourth-order valence-electron chi connectivity index (χ4n) is 1.15. The van der Waals surface area contributed by atoms with Gasteiger partial charge in [0.25, 0.3) is 0 Å². The van der Waals surface area contributed by atoms with Crippen LogP contribution in [0.1, 0.15) is 11.3 Å². The zero-order valence-electron chi connectivity index (χ0n) is 8.41. The lowest BCUT2D eigenvalue weighted by molar-refractivity contribution is 0.285. The van der Waals surface area contributed by atoms with Gasteiger partial charge in [0.15, 0.2) is 11.6 Å². The minimum Gasteiger partial charge on any atom is -0.484 e. The van der Waals surface area contributed by atoms with E-state index in [-0.39, 0.29) is 12.4 Å². The molecule has 84 valence electrons. The molecular formula is C10H8ClFN2OS. The second-order valence-corrected chi connectivity index (χ2v) is 4.57. The smallest absolute Gasteiger partial charge is 0.165 e. The summed E-state index contributed by atoms with van der Waals surface area (Å²) >= 11 is 6.87. The van der Waals surface area contributed by atoms with Crippen LogP contribution in [-0.4, -0.2) is 9.59 Å². The average Bonchev–Trinajstić information content (AvgIpc) is 2.66. The Balaban J connectivity index is 2.10. The van der Waals surface area contributed by atoms with Crippen LogP contribution >= 0.6 is 23.1 Å². The van der Waals surface area contributed by atoms with Crippen LogP contribution in [-0.2, 0) is 6.61 Å². The summed E-state index contributed by atoms with van der Waals surface area (Å²) in [6.07, 6.45) is 0. The summed E-state index contributed by atoms with van der Waals surface area (Å²) in [7, 11) is 0. The van der Waals surface area contributed by atoms with Gasteiger partial charge in [0.1, 0.15) is 16.6 Å². The summed E-state index contributed by atoms with van der Waals surface area (Å²) in [5, 5.41) is 3.77. The van der Waals surface area contributed by atoms with Gasteiger partial charge in [-0.1, -0.05) is 22.2 Å². The molecule has 0 atom stereocenters. The van der Waals surface area contributed by atoms with Crippen LogP contribution in [0.4, 0.5) is 4.39 Å². The van der Waals surface area contributed by atoms with Crippen molar-refractivity contribution in [2.75, 3.05) is 0 Å². The van der Waals surface area contributed by atoms with Crippen LogP contribution in [0.5, 0.6) is 5.75 Å². The average molecular weight is 259 g/mol. The molecule has 1 aromatic carbocycles. The third kappa shape index (κ3) is 2.48. The highest BCUT2D eigenvalue weighted by molar-refractivity contribution is 7.10. The van der Waals surface area contributed by atoms with E-state index < -0.39 is 5.82 Å². The van der Waals surface area contributed by atoms with Crippen molar-refractivity contribution in [1.82, 2.24) is 9.59 Å². The van der Waals surface area contributed by atoms with Crippen molar-refractivity contribution in [3.63, 3.8) is 0 Å². The summed E-state index contributed by atoms with van der Waals surface area (Å²) in [5.74, 6) is -0.200. The van der Waals surface area contributed by atoms with E-state index in [0.29, 0.717) is 10.0 Å². The van der Waals surface area contributed by atoms with Crippen LogP contribution < -0.4 is 4.74 Å². The maximum atomic E-state index is 13.3. The Labute approximate surface area is 101 Å². The lowest BCUT2D eigenvalue weighted by Crippen LogP contribution is -1.98. The molecule has 0 aliphatic rings. The molecule has 0 spiro atoms. The van der Waals surface area contributed by atoms with Gasteiger partial charge in [-0.3, -0.25) is 0 Å². The van der Waals surface area contributed by atoms with E-state index in [1.807, 2.05) is 6.92 Å². The highest BCUT2D eigenvalue weighted by Crippen LogP contribution is 2.22. The normalized spacial score (nSPS) is 10.4. The Kier molecular flexibility index (Phi) is 3.36. The van der Waals surface area contributed by atoms with E-state index in [0.717, 1.165) is 17.1 Å². The maximum absolute atomic E-state index is 13.3. The number of rotatable bonds is 3. The number of benzene rings is 1. The van der Waals surface area contributed by atoms with Gasteiger partial charge in [-0.15, -0.1) is 5.10 Å². The molecule has 16 heavy (non-hydrogen) atoms. The molecule has 6 heteroatoms. The molecule has 1 aromatic heterocycles. The van der Waals surface area contributed by atoms with Crippen LogP contribution in [0.25, 0.3) is 0 Å². The first-order valence-electron chi connectivity index (χ1n) is 4.52. The van der Waals surface area contributed by atoms with E-state index in [9.17, 15) is 4.39 Å². The molecule has 0 saturated carbocycles. The molecule has 1 heterocycles. The van der Waals surface area contributed by atoms with E-state index in [1.54, 1.807) is 12.1 Å². The fourth-order valence-corrected chi connectivity index (χ4v) is 1.75. The predicted octanol–water partition coefficient (Wildman–Crippen LogP) is 3.22. The molecule has 0 bridgehead atoms. The van der Waals surface area contributed by atoms with Crippen LogP contribution in [0.3, 0.4) is 0 Å². The van der Waals surface area contributed by atoms with Gasteiger partial charge in [0.2, 0.25) is 0 Å². The van der Waals surface area contributed by atoms with Gasteiger partial charge < -0.3 is 4.74 Å². The number of halogens is 2. The SMILES string of the molecule is Cc1ccc(F)c(OCc2nnsc2Cl)c1. The fraction of sp³-hybridized carbons (Fsp3) is 0.200. The largest absolute Gasteiger partial charge is 0.484 e. The van der Waals surface area contributed by atoms with E-state index >= 15 is 0 Å². The molecular weight excluding hydrogens is 251 g/mol. The minimum atomic E-state index is -0.398. The highest BCUT2D eigenvalue weighted by Gasteiger charge is 2.08. The Morgan fingerprint density at radius 3 is 3.00 bits per heavy atom. The second-order valence-electron chi connectivity index (χ2n) is 3.22. The molecule has 0 aliphatic carbocycles. The van der Waals surface area contributed by atoms with Crippen molar-refractivity contribution in [1.29, 1.82) is 0 Å². The van der Waals surface area contributed by atoms with E-state index in [1.165, 1.54) is 6.07 Å². The Morgan fingerprint density at radius 2 is 2.31 bits per heavy atom. The van der Waals surface area contributed by atoms with Gasteiger partial charge >= 0.3 is 0 Å². The molecule has 0 amide bonds. The first kappa shape index (κ1) is 11.3. The molecule has 0 N–H and O–H groups in total. The molecule has 0 saturated heterocycles. The monoisotopic (exact) mass is 258 g/mol. The maximum Gasteiger partial charge on any atom is 0.165 e. The third-order valence-electron chi connectivity index (χ3n) is 1.96. The van der Waals surface area contributed by atoms with Gasteiger partial charge in [0.05, 0.1) is 0 Å². The van der Waals surface area contributed by atoms with Crippen molar-refractivity contribution in [3.05, 3.63) is 39.6 Å². The first-order valence-corrected chi connectivity index (χ1v) is 5.67. The first-order chi connectivity index (χ1) is 7.66. The van der Waals surface area contributed by atoms with Crippen molar-refractivity contribution in [2.45, 2.75) is 13.5 Å². The second kappa shape index (κ2) is 4.76. The van der Waals surface area contributed by atoms with Crippen LogP contribution in [0.15, 0.2) is 18.2 Å². The van der Waals surface area contributed by atoms with E-state index in [2.05, 4.69) is 9.59 Å². The molecule has 2 rings (SSSR count). The number of aryl methyl sites for hydroxylation is 1. The van der Waals surface area contributed by atoms with Crippen molar-refractivity contribution in [3.8, 4) is 5.75 Å². The molecule has 2 aromatic rings. The minimum absolute atomic E-state index is 0.121. The number of nitrogens with zero attached hydrogens (tertiary/aromatic N) is 2. The Hall–Kier alpha value is -1.20. The summed E-state index contributed by atoms with van der Waals surface area (Å²) < 4.78 is 22.7. The van der Waals surface area contributed by atoms with Gasteiger partial charge in [-0.2, -0.15) is 0 Å². The summed E-state index contributed by atoms with van der Waals surface area (Å²) in [4.78, 5) is 0. The zero-order valence-corrected chi connectivity index (χ0v) is 9.98. The Bertz CT molecular complexity index is 503. The standard InChI is InChI=1S/C10H8ClFN2OS/c1-6-2-3-7(12)9(4-6)15-5-8-10(11)16-14-13-8/h2-4H,5H2,1H3. The van der Waals surface area contributed by atoms with Gasteiger partial charge in [-0.25, -0.2) is 4.39 Å². The molecule has 0 radical (unpaired) electrons. The third-order valence-corrected chi connectivity index (χ3v) is 2.94. The topological polar surface area (TPSA) is 35.0 Å². The molecule has 0 fully saturated rings. The summed E-state index contributed by atoms with van der Waals surface area (Å²) in [5.41, 5.74) is 1.45. The molecule has 0 unspecified atom stereocenters. The number of aromatic nitrogens is 2. The lowest BCUT2D eigenvalue weighted by atomic mass is 10.2. The lowest BCUT2D eigenvalue weighted by Gasteiger charge is -2.06. The number of hydrogen-bond acceptors (Lipinski definition) is 4. The zero-order chi connectivity index (χ0) is 11.5. The Morgan fingerprint density at radius 1 is 1.50 bits per heavy atom. The summed E-state index contributed by atoms with van der Waals surface area (Å²) in [6, 6.07) is 4.67. The van der Waals surface area contributed by atoms with Gasteiger partial charge in [0, 0.05) is 11.5 Å². The highest BCUT2D eigenvalue weighted by atomic mass is 35.5. The number of ether oxygens (including phenoxy) is 1. The van der Waals surface area contributed by atoms with Gasteiger partial charge in [-0.05, 0) is 24.6 Å². The quantitative estimate of drug-likeness (QED) is 0.848. The van der Waals surface area contributed by atoms with Crippen molar-refractivity contribution >= 4 is 23.1 Å². The molecule has 0 aliphatic heterocycles. The predicted molar refractivity (Wildman–Crippen MR) is 60.4 cm³/mol. The van der Waals surface area contributed by atoms with Crippen LogP contribution in [0.2, 0.25) is 4.34 Å². The van der Waals surface area contributed by atoms with Crippen molar-refractivity contribution in [2.24, 2.45) is 0 Å². The number of hydrogen-bond donors (Lipinski definition) is 0. The van der Waals surface area contributed by atoms with Crippen LogP contribution in [0, 0.1) is 12.7 Å². The van der Waals surface area contributed by atoms with E-state index in [4.69, 9.17) is 16.3 Å².